The topological polar surface area (TPSA) is 64.1 Å². The maximum absolute atomic E-state index is 12.0. The van der Waals surface area contributed by atoms with Gasteiger partial charge in [-0.25, -0.2) is 9.97 Å². The lowest BCUT2D eigenvalue weighted by Crippen LogP contribution is -2.20. The standard InChI is InChI=1S/C16H15N3O2S/c1-10-5-11(2)7-12(6-10)19-14(20)8-21-15-13-3-4-22-16(13)18-9-17-15/h3-7,9H,8H2,1-2H3,(H,19,20). The second-order valence-corrected chi connectivity index (χ2v) is 5.93. The number of amides is 1. The van der Waals surface area contributed by atoms with Gasteiger partial charge in [-0.3, -0.25) is 4.79 Å². The van der Waals surface area contributed by atoms with Crippen LogP contribution >= 0.6 is 11.3 Å². The fraction of sp³-hybridized carbons (Fsp3) is 0.188. The van der Waals surface area contributed by atoms with Gasteiger partial charge in [0.05, 0.1) is 5.39 Å². The lowest BCUT2D eigenvalue weighted by atomic mass is 10.1. The maximum Gasteiger partial charge on any atom is 0.262 e. The zero-order valence-corrected chi connectivity index (χ0v) is 13.1. The van der Waals surface area contributed by atoms with Crippen LogP contribution in [0.5, 0.6) is 5.88 Å². The Morgan fingerprint density at radius 1 is 1.23 bits per heavy atom. The van der Waals surface area contributed by atoms with Crippen LogP contribution in [0.15, 0.2) is 36.0 Å². The monoisotopic (exact) mass is 313 g/mol. The van der Waals surface area contributed by atoms with Crippen LogP contribution in [0.25, 0.3) is 10.2 Å². The van der Waals surface area contributed by atoms with Crippen molar-refractivity contribution in [3.05, 3.63) is 47.1 Å². The summed E-state index contributed by atoms with van der Waals surface area (Å²) in [4.78, 5) is 21.1. The quantitative estimate of drug-likeness (QED) is 0.802. The number of nitrogens with one attached hydrogen (secondary N) is 1. The number of rotatable bonds is 4. The summed E-state index contributed by atoms with van der Waals surface area (Å²) < 4.78 is 5.52. The van der Waals surface area contributed by atoms with Crippen molar-refractivity contribution in [1.82, 2.24) is 9.97 Å². The predicted octanol–water partition coefficient (Wildman–Crippen LogP) is 3.33. The summed E-state index contributed by atoms with van der Waals surface area (Å²) in [5.74, 6) is 0.216. The van der Waals surface area contributed by atoms with Gasteiger partial charge in [-0.2, -0.15) is 0 Å². The van der Waals surface area contributed by atoms with Crippen molar-refractivity contribution in [2.24, 2.45) is 0 Å². The number of nitrogens with zero attached hydrogens (tertiary/aromatic N) is 2. The Hall–Kier alpha value is -2.47. The Balaban J connectivity index is 1.66. The van der Waals surface area contributed by atoms with Crippen molar-refractivity contribution >= 4 is 33.1 Å². The molecule has 3 aromatic rings. The van der Waals surface area contributed by atoms with Crippen LogP contribution in [0, 0.1) is 13.8 Å². The fourth-order valence-corrected chi connectivity index (χ4v) is 2.98. The largest absolute Gasteiger partial charge is 0.467 e. The molecule has 0 spiro atoms. The van der Waals surface area contributed by atoms with E-state index in [-0.39, 0.29) is 12.5 Å². The van der Waals surface area contributed by atoms with E-state index < -0.39 is 0 Å². The number of hydrogen-bond acceptors (Lipinski definition) is 5. The average Bonchev–Trinajstić information content (AvgIpc) is 2.92. The molecule has 5 nitrogen and oxygen atoms in total. The van der Waals surface area contributed by atoms with Crippen LogP contribution in [0.1, 0.15) is 11.1 Å². The molecule has 0 aliphatic heterocycles. The van der Waals surface area contributed by atoms with Gasteiger partial charge >= 0.3 is 0 Å². The van der Waals surface area contributed by atoms with Crippen LogP contribution in [0.3, 0.4) is 0 Å². The smallest absolute Gasteiger partial charge is 0.262 e. The van der Waals surface area contributed by atoms with Gasteiger partial charge in [0.25, 0.3) is 5.91 Å². The van der Waals surface area contributed by atoms with E-state index >= 15 is 0 Å². The van der Waals surface area contributed by atoms with Crippen molar-refractivity contribution in [2.75, 3.05) is 11.9 Å². The van der Waals surface area contributed by atoms with E-state index in [0.29, 0.717) is 5.88 Å². The fourth-order valence-electron chi connectivity index (χ4n) is 2.26. The van der Waals surface area contributed by atoms with Gasteiger partial charge in [0.15, 0.2) is 6.61 Å². The zero-order valence-electron chi connectivity index (χ0n) is 12.3. The molecule has 0 unspecified atom stereocenters. The summed E-state index contributed by atoms with van der Waals surface area (Å²) >= 11 is 1.51. The van der Waals surface area contributed by atoms with E-state index in [1.807, 2.05) is 37.4 Å². The van der Waals surface area contributed by atoms with Gasteiger partial charge in [-0.15, -0.1) is 11.3 Å². The zero-order chi connectivity index (χ0) is 15.5. The Morgan fingerprint density at radius 2 is 2.00 bits per heavy atom. The number of thiophene rings is 1. The molecule has 0 saturated heterocycles. The predicted molar refractivity (Wildman–Crippen MR) is 87.5 cm³/mol. The molecule has 1 amide bonds. The van der Waals surface area contributed by atoms with Gasteiger partial charge in [-0.05, 0) is 48.6 Å². The second kappa shape index (κ2) is 6.11. The summed E-state index contributed by atoms with van der Waals surface area (Å²) in [6, 6.07) is 7.79. The van der Waals surface area contributed by atoms with Gasteiger partial charge in [0.1, 0.15) is 11.2 Å². The molecule has 2 heterocycles. The van der Waals surface area contributed by atoms with E-state index in [2.05, 4.69) is 21.4 Å². The third-order valence-electron chi connectivity index (χ3n) is 3.07. The lowest BCUT2D eigenvalue weighted by Gasteiger charge is -2.09. The van der Waals surface area contributed by atoms with Gasteiger partial charge in [-0.1, -0.05) is 6.07 Å². The van der Waals surface area contributed by atoms with Crippen LogP contribution < -0.4 is 10.1 Å². The first-order valence-corrected chi connectivity index (χ1v) is 7.69. The van der Waals surface area contributed by atoms with Crippen molar-refractivity contribution < 1.29 is 9.53 Å². The number of aromatic nitrogens is 2. The van der Waals surface area contributed by atoms with Crippen molar-refractivity contribution in [3.63, 3.8) is 0 Å². The molecule has 112 valence electrons. The molecule has 0 fully saturated rings. The minimum absolute atomic E-state index is 0.0883. The molecule has 2 aromatic heterocycles. The number of ether oxygens (including phenoxy) is 1. The van der Waals surface area contributed by atoms with Crippen molar-refractivity contribution in [2.45, 2.75) is 13.8 Å². The highest BCUT2D eigenvalue weighted by molar-refractivity contribution is 7.16. The highest BCUT2D eigenvalue weighted by Crippen LogP contribution is 2.25. The summed E-state index contributed by atoms with van der Waals surface area (Å²) in [5, 5.41) is 5.58. The maximum atomic E-state index is 12.0. The summed E-state index contributed by atoms with van der Waals surface area (Å²) in [5.41, 5.74) is 2.98. The molecule has 1 aromatic carbocycles. The molecule has 0 aliphatic rings. The Bertz CT molecular complexity index is 809. The highest BCUT2D eigenvalue weighted by Gasteiger charge is 2.09. The molecular formula is C16H15N3O2S. The second-order valence-electron chi connectivity index (χ2n) is 5.03. The van der Waals surface area contributed by atoms with Crippen molar-refractivity contribution in [1.29, 1.82) is 0 Å². The first-order chi connectivity index (χ1) is 10.6. The van der Waals surface area contributed by atoms with Crippen LogP contribution in [-0.2, 0) is 4.79 Å². The first-order valence-electron chi connectivity index (χ1n) is 6.81. The Morgan fingerprint density at radius 3 is 2.77 bits per heavy atom. The van der Waals surface area contributed by atoms with Gasteiger partial charge < -0.3 is 10.1 Å². The number of carbonyl (C=O) groups excluding carboxylic acids is 1. The molecule has 22 heavy (non-hydrogen) atoms. The van der Waals surface area contributed by atoms with Crippen molar-refractivity contribution in [3.8, 4) is 5.88 Å². The Labute approximate surface area is 132 Å². The average molecular weight is 313 g/mol. The SMILES string of the molecule is Cc1cc(C)cc(NC(=O)COc2ncnc3sccc23)c1. The van der Waals surface area contributed by atoms with E-state index in [4.69, 9.17) is 4.74 Å². The molecule has 0 atom stereocenters. The highest BCUT2D eigenvalue weighted by atomic mass is 32.1. The first kappa shape index (κ1) is 14.5. The molecule has 0 bridgehead atoms. The summed E-state index contributed by atoms with van der Waals surface area (Å²) in [6.07, 6.45) is 1.44. The number of fused-ring (bicyclic) bond motifs is 1. The molecule has 1 N–H and O–H groups in total. The molecule has 0 radical (unpaired) electrons. The third-order valence-corrected chi connectivity index (χ3v) is 3.89. The number of anilines is 1. The summed E-state index contributed by atoms with van der Waals surface area (Å²) in [7, 11) is 0. The minimum Gasteiger partial charge on any atom is -0.467 e. The Kier molecular flexibility index (Phi) is 4.02. The number of aryl methyl sites for hydroxylation is 2. The molecule has 6 heteroatoms. The number of hydrogen-bond donors (Lipinski definition) is 1. The van der Waals surface area contributed by atoms with Crippen LogP contribution in [-0.4, -0.2) is 22.5 Å². The summed E-state index contributed by atoms with van der Waals surface area (Å²) in [6.45, 7) is 3.90. The van der Waals surface area contributed by atoms with Crippen LogP contribution in [0.4, 0.5) is 5.69 Å². The molecule has 0 saturated carbocycles. The molecular weight excluding hydrogens is 298 g/mol. The number of benzene rings is 1. The van der Waals surface area contributed by atoms with Gasteiger partial charge in [0, 0.05) is 5.69 Å². The van der Waals surface area contributed by atoms with E-state index in [0.717, 1.165) is 27.0 Å². The third kappa shape index (κ3) is 3.23. The minimum atomic E-state index is -0.216. The van der Waals surface area contributed by atoms with E-state index in [1.165, 1.54) is 17.7 Å². The normalized spacial score (nSPS) is 10.6. The molecule has 3 rings (SSSR count). The lowest BCUT2D eigenvalue weighted by molar-refractivity contribution is -0.118. The molecule has 0 aliphatic carbocycles. The van der Waals surface area contributed by atoms with Crippen LogP contribution in [0.2, 0.25) is 0 Å². The van der Waals surface area contributed by atoms with Gasteiger partial charge in [0.2, 0.25) is 5.88 Å². The van der Waals surface area contributed by atoms with E-state index in [9.17, 15) is 4.79 Å². The number of carbonyl (C=O) groups is 1. The van der Waals surface area contributed by atoms with E-state index in [1.54, 1.807) is 0 Å².